The van der Waals surface area contributed by atoms with Crippen molar-refractivity contribution in [3.05, 3.63) is 70.8 Å². The lowest BCUT2D eigenvalue weighted by atomic mass is 9.75. The summed E-state index contributed by atoms with van der Waals surface area (Å²) in [5.41, 5.74) is 13.8. The molecular formula is C50H71N9O10S. The molecule has 0 spiro atoms. The Morgan fingerprint density at radius 1 is 0.900 bits per heavy atom. The van der Waals surface area contributed by atoms with Crippen molar-refractivity contribution in [2.75, 3.05) is 19.6 Å². The Balaban J connectivity index is 1.14. The van der Waals surface area contributed by atoms with E-state index in [4.69, 9.17) is 16.2 Å². The predicted octanol–water partition coefficient (Wildman–Crippen LogP) is 2.70. The van der Waals surface area contributed by atoms with Gasteiger partial charge in [0.25, 0.3) is 10.0 Å². The lowest BCUT2D eigenvalue weighted by Crippen LogP contribution is -2.67. The molecule has 2 aromatic rings. The number of carbonyl (C=O) groups is 6. The number of rotatable bonds is 21. The second kappa shape index (κ2) is 22.4. The summed E-state index contributed by atoms with van der Waals surface area (Å²) >= 11 is 0. The van der Waals surface area contributed by atoms with Gasteiger partial charge in [-0.3, -0.25) is 29.0 Å². The Labute approximate surface area is 411 Å². The highest BCUT2D eigenvalue weighted by Gasteiger charge is 2.50. The van der Waals surface area contributed by atoms with Crippen LogP contribution in [0.15, 0.2) is 52.9 Å². The van der Waals surface area contributed by atoms with Crippen molar-refractivity contribution in [2.24, 2.45) is 16.5 Å². The Kier molecular flexibility index (Phi) is 17.0. The van der Waals surface area contributed by atoms with Crippen molar-refractivity contribution >= 4 is 51.5 Å². The predicted molar refractivity (Wildman–Crippen MR) is 263 cm³/mol. The van der Waals surface area contributed by atoms with Crippen LogP contribution in [0, 0.1) is 20.8 Å². The van der Waals surface area contributed by atoms with Crippen LogP contribution in [-0.2, 0) is 51.6 Å². The van der Waals surface area contributed by atoms with Gasteiger partial charge in [0, 0.05) is 38.0 Å². The van der Waals surface area contributed by atoms with Crippen LogP contribution in [0.3, 0.4) is 0 Å². The number of benzene rings is 2. The number of carboxylic acid groups (broad SMARTS) is 1. The number of amides is 5. The number of nitrogens with zero attached hydrogens (tertiary/aromatic N) is 3. The number of hydrogen-bond acceptors (Lipinski definition) is 11. The van der Waals surface area contributed by atoms with E-state index in [9.17, 15) is 42.3 Å². The summed E-state index contributed by atoms with van der Waals surface area (Å²) < 4.78 is 36.1. The molecule has 2 saturated heterocycles. The van der Waals surface area contributed by atoms with E-state index in [1.54, 1.807) is 19.9 Å². The maximum absolute atomic E-state index is 14.4. The maximum atomic E-state index is 14.4. The number of guanidine groups is 1. The summed E-state index contributed by atoms with van der Waals surface area (Å²) in [5, 5.41) is 18.5. The number of fused-ring (bicyclic) bond motifs is 1. The number of carbonyl (C=O) groups excluding carboxylic acids is 5. The van der Waals surface area contributed by atoms with Gasteiger partial charge < -0.3 is 47.1 Å². The van der Waals surface area contributed by atoms with Crippen LogP contribution in [0.5, 0.6) is 5.75 Å². The highest BCUT2D eigenvalue weighted by molar-refractivity contribution is 7.90. The molecule has 3 heterocycles. The van der Waals surface area contributed by atoms with E-state index in [-0.39, 0.29) is 69.0 Å². The summed E-state index contributed by atoms with van der Waals surface area (Å²) in [6, 6.07) is 4.05. The van der Waals surface area contributed by atoms with Crippen LogP contribution in [0.25, 0.3) is 0 Å². The second-order valence-electron chi connectivity index (χ2n) is 19.8. The van der Waals surface area contributed by atoms with Crippen LogP contribution in [0.4, 0.5) is 0 Å². The van der Waals surface area contributed by atoms with Crippen molar-refractivity contribution in [3.8, 4) is 5.75 Å². The molecule has 0 unspecified atom stereocenters. The number of allylic oxidation sites excluding steroid dienone is 1. The lowest BCUT2D eigenvalue weighted by Gasteiger charge is -2.43. The molecule has 3 fully saturated rings. The second-order valence-corrected chi connectivity index (χ2v) is 21.4. The van der Waals surface area contributed by atoms with E-state index in [2.05, 4.69) is 32.2 Å². The van der Waals surface area contributed by atoms with Crippen molar-refractivity contribution in [2.45, 2.75) is 171 Å². The molecule has 20 heteroatoms. The molecule has 6 rings (SSSR count). The molecule has 1 aliphatic carbocycles. The third-order valence-electron chi connectivity index (χ3n) is 14.2. The molecule has 0 bridgehead atoms. The monoisotopic (exact) mass is 990 g/mol. The van der Waals surface area contributed by atoms with Gasteiger partial charge >= 0.3 is 5.97 Å². The Morgan fingerprint density at radius 3 is 2.17 bits per heavy atom. The van der Waals surface area contributed by atoms with Gasteiger partial charge in [0.05, 0.1) is 10.9 Å². The summed E-state index contributed by atoms with van der Waals surface area (Å²) in [5.74, 6) is -3.60. The molecule has 2 aromatic carbocycles. The van der Waals surface area contributed by atoms with Gasteiger partial charge in [-0.25, -0.2) is 17.9 Å². The fourth-order valence-corrected chi connectivity index (χ4v) is 11.6. The van der Waals surface area contributed by atoms with Crippen LogP contribution in [-0.4, -0.2) is 126 Å². The summed E-state index contributed by atoms with van der Waals surface area (Å²) in [7, 11) is -4.19. The van der Waals surface area contributed by atoms with Gasteiger partial charge in [-0.2, -0.15) is 0 Å². The molecule has 0 aromatic heterocycles. The van der Waals surface area contributed by atoms with Crippen molar-refractivity contribution in [3.63, 3.8) is 0 Å². The topological polar surface area (TPSA) is 285 Å². The van der Waals surface area contributed by atoms with Crippen LogP contribution >= 0.6 is 0 Å². The SMILES string of the molecule is C=CCCC[C@H](N)C(=O)N[C@@H](Cc1ccccc1)C(=O)N1CCC[C@H]1C(=O)NC1(C(=O)N[C@@H](CCCN=C(N)NS(=O)(=O)c2c(C)c(C)c3c(c2C)CC(C)(C)O3)C(=O)N2CCC[C@H]2C(=O)O)CCC1. The van der Waals surface area contributed by atoms with Gasteiger partial charge in [0.2, 0.25) is 35.5 Å². The van der Waals surface area contributed by atoms with Crippen molar-refractivity contribution < 1.29 is 47.0 Å². The van der Waals surface area contributed by atoms with Gasteiger partial charge in [0.1, 0.15) is 41.1 Å². The Bertz CT molecular complexity index is 2480. The molecular weight excluding hydrogens is 919 g/mol. The third-order valence-corrected chi connectivity index (χ3v) is 15.8. The standard InChI is InChI=1S/C50H71N9O10S/c1-7-8-10-19-35(51)42(60)54-37(28-33-17-11-9-12-18-33)45(63)58-26-14-21-38(58)43(61)56-50(23-16-24-50)47(66)55-36(44(62)59-27-15-22-39(59)46(64)65)20-13-25-53-48(52)57-70(67,68)41-31(3)30(2)40-34(32(41)4)29-49(5,6)69-40/h7,9,11-12,17-18,35-39H,1,8,10,13-16,19-29,51H2,2-6H3,(H,54,60)(H,55,66)(H,56,61)(H,64,65)(H3,52,53,57)/t35-,36-,37-,38-,39-/m0/s1. The minimum absolute atomic E-state index is 0.0175. The first kappa shape index (κ1) is 53.3. The molecule has 3 aliphatic heterocycles. The van der Waals surface area contributed by atoms with Crippen molar-refractivity contribution in [1.82, 2.24) is 30.5 Å². The third kappa shape index (κ3) is 12.1. The Morgan fingerprint density at radius 2 is 1.54 bits per heavy atom. The number of sulfonamides is 1. The minimum Gasteiger partial charge on any atom is -0.487 e. The van der Waals surface area contributed by atoms with Gasteiger partial charge in [-0.05, 0) is 134 Å². The van der Waals surface area contributed by atoms with E-state index in [0.717, 1.165) is 11.1 Å². The summed E-state index contributed by atoms with van der Waals surface area (Å²) in [6.07, 6.45) is 6.87. The molecule has 19 nitrogen and oxygen atoms in total. The highest BCUT2D eigenvalue weighted by Crippen LogP contribution is 2.44. The van der Waals surface area contributed by atoms with Crippen molar-refractivity contribution in [1.29, 1.82) is 0 Å². The molecule has 70 heavy (non-hydrogen) atoms. The highest BCUT2D eigenvalue weighted by atomic mass is 32.2. The number of nitrogens with one attached hydrogen (secondary N) is 4. The van der Waals surface area contributed by atoms with E-state index in [1.165, 1.54) is 9.80 Å². The first-order valence-corrected chi connectivity index (χ1v) is 25.9. The number of aliphatic carboxylic acids is 1. The molecule has 0 radical (unpaired) electrons. The smallest absolute Gasteiger partial charge is 0.326 e. The average Bonchev–Trinajstić information content (AvgIpc) is 4.07. The zero-order chi connectivity index (χ0) is 51.1. The quantitative estimate of drug-likeness (QED) is 0.0412. The van der Waals surface area contributed by atoms with Crippen LogP contribution < -0.4 is 36.9 Å². The van der Waals surface area contributed by atoms with Crippen LogP contribution in [0.2, 0.25) is 0 Å². The minimum atomic E-state index is -4.19. The first-order chi connectivity index (χ1) is 33.1. The number of unbranched alkanes of at least 4 members (excludes halogenated alkanes) is 1. The largest absolute Gasteiger partial charge is 0.487 e. The fraction of sp³-hybridized carbons (Fsp3) is 0.580. The molecule has 4 aliphatic rings. The van der Waals surface area contributed by atoms with Gasteiger partial charge in [-0.1, -0.05) is 36.4 Å². The number of carboxylic acids is 1. The zero-order valence-corrected chi connectivity index (χ0v) is 41.9. The van der Waals surface area contributed by atoms with E-state index >= 15 is 0 Å². The molecule has 5 atom stereocenters. The van der Waals surface area contributed by atoms with E-state index in [0.29, 0.717) is 73.8 Å². The number of nitrogens with two attached hydrogens (primary N) is 2. The fourth-order valence-electron chi connectivity index (χ4n) is 10.1. The Hall–Kier alpha value is -6.02. The molecule has 5 amide bonds. The van der Waals surface area contributed by atoms with E-state index in [1.807, 2.05) is 51.1 Å². The molecule has 9 N–H and O–H groups in total. The number of ether oxygens (including phenoxy) is 1. The van der Waals surface area contributed by atoms with Gasteiger partial charge in [-0.15, -0.1) is 6.58 Å². The number of hydrogen-bond donors (Lipinski definition) is 7. The zero-order valence-electron chi connectivity index (χ0n) is 41.1. The average molecular weight is 990 g/mol. The number of aliphatic imine (C=N–C) groups is 1. The maximum Gasteiger partial charge on any atom is 0.326 e. The van der Waals surface area contributed by atoms with E-state index < -0.39 is 86.9 Å². The normalized spacial score (nSPS) is 20.5. The molecule has 382 valence electrons. The number of likely N-dealkylation sites (tertiary alicyclic amines) is 2. The van der Waals surface area contributed by atoms with Crippen LogP contribution in [0.1, 0.15) is 119 Å². The summed E-state index contributed by atoms with van der Waals surface area (Å²) in [4.78, 5) is 89.6. The summed E-state index contributed by atoms with van der Waals surface area (Å²) in [6.45, 7) is 13.2. The first-order valence-electron chi connectivity index (χ1n) is 24.4. The van der Waals surface area contributed by atoms with Gasteiger partial charge in [0.15, 0.2) is 0 Å². The lowest BCUT2D eigenvalue weighted by molar-refractivity contribution is -0.150. The molecule has 1 saturated carbocycles.